The van der Waals surface area contributed by atoms with Crippen molar-refractivity contribution < 1.29 is 9.53 Å². The van der Waals surface area contributed by atoms with E-state index in [-0.39, 0.29) is 11.9 Å². The van der Waals surface area contributed by atoms with E-state index in [4.69, 9.17) is 10.00 Å². The number of hydrogen-bond acceptors (Lipinski definition) is 5. The Bertz CT molecular complexity index is 1000. The van der Waals surface area contributed by atoms with Crippen LogP contribution in [0.1, 0.15) is 32.4 Å². The maximum absolute atomic E-state index is 12.5. The van der Waals surface area contributed by atoms with Gasteiger partial charge in [0.2, 0.25) is 5.91 Å². The summed E-state index contributed by atoms with van der Waals surface area (Å²) in [7, 11) is 0. The van der Waals surface area contributed by atoms with Crippen LogP contribution in [0.15, 0.2) is 60.8 Å². The van der Waals surface area contributed by atoms with Gasteiger partial charge in [-0.15, -0.1) is 0 Å². The highest BCUT2D eigenvalue weighted by Gasteiger charge is 2.15. The highest BCUT2D eigenvalue weighted by molar-refractivity contribution is 5.95. The van der Waals surface area contributed by atoms with Gasteiger partial charge in [0.25, 0.3) is 0 Å². The highest BCUT2D eigenvalue weighted by Crippen LogP contribution is 2.23. The third kappa shape index (κ3) is 5.14. The number of carbonyl (C=O) groups is 1. The molecule has 3 rings (SSSR count). The maximum Gasteiger partial charge on any atom is 0.247 e. The highest BCUT2D eigenvalue weighted by atomic mass is 16.5. The molecule has 2 aromatic carbocycles. The lowest BCUT2D eigenvalue weighted by Gasteiger charge is -2.17. The molecule has 0 saturated heterocycles. The number of amides is 1. The van der Waals surface area contributed by atoms with E-state index in [1.54, 1.807) is 48.1 Å². The first kappa shape index (κ1) is 20.0. The average Bonchev–Trinajstić information content (AvgIpc) is 3.18. The summed E-state index contributed by atoms with van der Waals surface area (Å²) in [5.74, 6) is 1.84. The van der Waals surface area contributed by atoms with E-state index >= 15 is 0 Å². The molecule has 0 aliphatic heterocycles. The van der Waals surface area contributed by atoms with Gasteiger partial charge in [-0.3, -0.25) is 4.79 Å². The lowest BCUT2D eigenvalue weighted by atomic mass is 10.2. The van der Waals surface area contributed by atoms with Crippen molar-refractivity contribution in [2.24, 2.45) is 0 Å². The minimum atomic E-state index is -0.434. The molecule has 2 N–H and O–H groups in total. The number of nitriles is 1. The minimum Gasteiger partial charge on any atom is -0.457 e. The third-order valence-corrected chi connectivity index (χ3v) is 4.26. The summed E-state index contributed by atoms with van der Waals surface area (Å²) >= 11 is 0. The van der Waals surface area contributed by atoms with Crippen molar-refractivity contribution >= 4 is 17.4 Å². The molecule has 3 aromatic rings. The number of benzene rings is 2. The molecule has 29 heavy (non-hydrogen) atoms. The Hall–Kier alpha value is -3.79. The van der Waals surface area contributed by atoms with Crippen LogP contribution in [0.25, 0.3) is 0 Å². The Morgan fingerprint density at radius 3 is 2.24 bits per heavy atom. The molecule has 7 heteroatoms. The Morgan fingerprint density at radius 2 is 1.66 bits per heavy atom. The summed E-state index contributed by atoms with van der Waals surface area (Å²) in [6.45, 7) is 5.81. The smallest absolute Gasteiger partial charge is 0.247 e. The number of aromatic nitrogens is 2. The number of rotatable bonds is 7. The average molecular weight is 389 g/mol. The van der Waals surface area contributed by atoms with Crippen LogP contribution in [-0.4, -0.2) is 21.7 Å². The Kier molecular flexibility index (Phi) is 6.15. The van der Waals surface area contributed by atoms with E-state index in [2.05, 4.69) is 21.8 Å². The van der Waals surface area contributed by atoms with Crippen LogP contribution in [0.2, 0.25) is 0 Å². The van der Waals surface area contributed by atoms with E-state index in [0.29, 0.717) is 22.9 Å². The molecular formula is C22H23N5O2. The molecule has 0 bridgehead atoms. The second kappa shape index (κ2) is 8.93. The number of nitrogens with one attached hydrogen (secondary N) is 2. The van der Waals surface area contributed by atoms with Crippen molar-refractivity contribution in [2.75, 3.05) is 10.6 Å². The molecule has 1 atom stereocenters. The SMILES string of the molecule is CC(Nc1ccc(Oc2ccc(C#N)cc2)cc1)C(=O)Nc1ccnn1C(C)C. The first-order valence-electron chi connectivity index (χ1n) is 9.35. The first-order chi connectivity index (χ1) is 14.0. The fraction of sp³-hybridized carbons (Fsp3) is 0.227. The Labute approximate surface area is 169 Å². The fourth-order valence-corrected chi connectivity index (χ4v) is 2.73. The summed E-state index contributed by atoms with van der Waals surface area (Å²) in [6, 6.07) is 17.8. The van der Waals surface area contributed by atoms with Crippen molar-refractivity contribution in [1.82, 2.24) is 9.78 Å². The molecule has 0 saturated carbocycles. The molecule has 7 nitrogen and oxygen atoms in total. The molecule has 0 spiro atoms. The van der Waals surface area contributed by atoms with Gasteiger partial charge in [0, 0.05) is 17.8 Å². The van der Waals surface area contributed by atoms with Crippen molar-refractivity contribution in [3.8, 4) is 17.6 Å². The quantitative estimate of drug-likeness (QED) is 0.618. The summed E-state index contributed by atoms with van der Waals surface area (Å²) in [5.41, 5.74) is 1.39. The minimum absolute atomic E-state index is 0.148. The van der Waals surface area contributed by atoms with Crippen LogP contribution in [0.4, 0.5) is 11.5 Å². The van der Waals surface area contributed by atoms with Crippen LogP contribution in [-0.2, 0) is 4.79 Å². The monoisotopic (exact) mass is 389 g/mol. The van der Waals surface area contributed by atoms with Gasteiger partial charge in [0.05, 0.1) is 17.8 Å². The van der Waals surface area contributed by atoms with Gasteiger partial charge in [-0.2, -0.15) is 10.4 Å². The lowest BCUT2D eigenvalue weighted by molar-refractivity contribution is -0.116. The van der Waals surface area contributed by atoms with Crippen molar-refractivity contribution in [3.05, 3.63) is 66.4 Å². The molecular weight excluding hydrogens is 366 g/mol. The molecule has 0 aliphatic rings. The van der Waals surface area contributed by atoms with E-state index in [1.165, 1.54) is 0 Å². The van der Waals surface area contributed by atoms with E-state index in [0.717, 1.165) is 5.69 Å². The second-order valence-electron chi connectivity index (χ2n) is 6.87. The van der Waals surface area contributed by atoms with Crippen molar-refractivity contribution in [1.29, 1.82) is 5.26 Å². The predicted molar refractivity (Wildman–Crippen MR) is 112 cm³/mol. The third-order valence-electron chi connectivity index (χ3n) is 4.26. The van der Waals surface area contributed by atoms with Crippen LogP contribution in [0, 0.1) is 11.3 Å². The normalized spacial score (nSPS) is 11.6. The van der Waals surface area contributed by atoms with Gasteiger partial charge in [0.1, 0.15) is 23.4 Å². The summed E-state index contributed by atoms with van der Waals surface area (Å²) in [6.07, 6.45) is 1.67. The van der Waals surface area contributed by atoms with Gasteiger partial charge >= 0.3 is 0 Å². The Balaban J connectivity index is 1.57. The Morgan fingerprint density at radius 1 is 1.03 bits per heavy atom. The largest absolute Gasteiger partial charge is 0.457 e. The molecule has 1 heterocycles. The molecule has 148 valence electrons. The topological polar surface area (TPSA) is 92.0 Å². The molecule has 1 aromatic heterocycles. The number of carbonyl (C=O) groups excluding carboxylic acids is 1. The zero-order valence-electron chi connectivity index (χ0n) is 16.6. The number of anilines is 2. The van der Waals surface area contributed by atoms with Crippen molar-refractivity contribution in [2.45, 2.75) is 32.9 Å². The molecule has 0 aliphatic carbocycles. The molecule has 0 fully saturated rings. The lowest BCUT2D eigenvalue weighted by Crippen LogP contribution is -2.32. The summed E-state index contributed by atoms with van der Waals surface area (Å²) in [5, 5.41) is 19.1. The zero-order valence-corrected chi connectivity index (χ0v) is 16.6. The van der Waals surface area contributed by atoms with Crippen LogP contribution in [0.3, 0.4) is 0 Å². The molecule has 1 unspecified atom stereocenters. The fourth-order valence-electron chi connectivity index (χ4n) is 2.73. The summed E-state index contributed by atoms with van der Waals surface area (Å²) in [4.78, 5) is 12.5. The van der Waals surface area contributed by atoms with Gasteiger partial charge in [-0.25, -0.2) is 4.68 Å². The van der Waals surface area contributed by atoms with Gasteiger partial charge in [0.15, 0.2) is 0 Å². The number of ether oxygens (including phenoxy) is 1. The van der Waals surface area contributed by atoms with Crippen LogP contribution in [0.5, 0.6) is 11.5 Å². The standard InChI is InChI=1S/C22H23N5O2/c1-15(2)27-21(12-13-24-27)26-22(28)16(3)25-18-6-10-20(11-7-18)29-19-8-4-17(14-23)5-9-19/h4-13,15-16,25H,1-3H3,(H,26,28). The van der Waals surface area contributed by atoms with E-state index < -0.39 is 6.04 Å². The summed E-state index contributed by atoms with van der Waals surface area (Å²) < 4.78 is 7.53. The van der Waals surface area contributed by atoms with Gasteiger partial charge < -0.3 is 15.4 Å². The van der Waals surface area contributed by atoms with Crippen LogP contribution < -0.4 is 15.4 Å². The molecule has 0 radical (unpaired) electrons. The first-order valence-corrected chi connectivity index (χ1v) is 9.35. The second-order valence-corrected chi connectivity index (χ2v) is 6.87. The zero-order chi connectivity index (χ0) is 20.8. The predicted octanol–water partition coefficient (Wildman–Crippen LogP) is 4.57. The van der Waals surface area contributed by atoms with Crippen LogP contribution >= 0.6 is 0 Å². The van der Waals surface area contributed by atoms with E-state index in [1.807, 2.05) is 38.1 Å². The maximum atomic E-state index is 12.5. The van der Waals surface area contributed by atoms with E-state index in [9.17, 15) is 4.79 Å². The van der Waals surface area contributed by atoms with Crippen molar-refractivity contribution in [3.63, 3.8) is 0 Å². The molecule has 1 amide bonds. The van der Waals surface area contributed by atoms with Gasteiger partial charge in [-0.1, -0.05) is 0 Å². The number of hydrogen-bond donors (Lipinski definition) is 2. The van der Waals surface area contributed by atoms with Gasteiger partial charge in [-0.05, 0) is 69.3 Å². The number of nitrogens with zero attached hydrogens (tertiary/aromatic N) is 3.